The molecule has 0 bridgehead atoms. The molecule has 1 amide bonds. The molecular formula is C21H27FN2O3. The number of hydrogen-bond acceptors (Lipinski definition) is 4. The monoisotopic (exact) mass is 374 g/mol. The third-order valence-corrected chi connectivity index (χ3v) is 4.70. The van der Waals surface area contributed by atoms with E-state index in [0.717, 1.165) is 17.1 Å². The maximum absolute atomic E-state index is 13.6. The number of carbonyl (C=O) groups excluding carboxylic acids is 1. The van der Waals surface area contributed by atoms with Gasteiger partial charge in [0.05, 0.1) is 14.2 Å². The van der Waals surface area contributed by atoms with Crippen molar-refractivity contribution in [3.8, 4) is 11.5 Å². The fraction of sp³-hybridized carbons (Fsp3) is 0.381. The summed E-state index contributed by atoms with van der Waals surface area (Å²) in [5.74, 6) is 0.993. The Morgan fingerprint density at radius 1 is 1.19 bits per heavy atom. The summed E-state index contributed by atoms with van der Waals surface area (Å²) in [4.78, 5) is 14.2. The molecule has 2 rings (SSSR count). The van der Waals surface area contributed by atoms with Gasteiger partial charge in [-0.3, -0.25) is 9.69 Å². The molecule has 0 aliphatic rings. The molecule has 2 aromatic rings. The molecule has 0 aromatic heterocycles. The first-order valence-corrected chi connectivity index (χ1v) is 8.84. The van der Waals surface area contributed by atoms with Crippen LogP contribution in [0.3, 0.4) is 0 Å². The number of nitrogens with one attached hydrogen (secondary N) is 1. The van der Waals surface area contributed by atoms with Crippen molar-refractivity contribution in [2.75, 3.05) is 33.1 Å². The molecule has 1 atom stereocenters. The number of aryl methyl sites for hydroxylation is 1. The molecule has 6 heteroatoms. The highest BCUT2D eigenvalue weighted by molar-refractivity contribution is 5.90. The number of hydrogen-bond donors (Lipinski definition) is 1. The van der Waals surface area contributed by atoms with Gasteiger partial charge in [0.25, 0.3) is 0 Å². The Balaban J connectivity index is 1.95. The predicted molar refractivity (Wildman–Crippen MR) is 105 cm³/mol. The van der Waals surface area contributed by atoms with Crippen LogP contribution in [0.2, 0.25) is 0 Å². The first kappa shape index (κ1) is 20.7. The lowest BCUT2D eigenvalue weighted by Crippen LogP contribution is -2.27. The standard InChI is InChI=1S/C21H27FN2O3/c1-14-6-7-16(12-19(14)22)23-21(25)10-11-24(3)15(2)18-9-8-17(26-4)13-20(18)27-5/h6-9,12-13,15H,10-11H2,1-5H3,(H,23,25)/t15-/m0/s1. The molecule has 5 nitrogen and oxygen atoms in total. The van der Waals surface area contributed by atoms with Crippen LogP contribution in [0.25, 0.3) is 0 Å². The van der Waals surface area contributed by atoms with E-state index in [1.54, 1.807) is 33.3 Å². The summed E-state index contributed by atoms with van der Waals surface area (Å²) in [6.07, 6.45) is 0.300. The van der Waals surface area contributed by atoms with E-state index in [-0.39, 0.29) is 17.8 Å². The number of anilines is 1. The minimum Gasteiger partial charge on any atom is -0.497 e. The fourth-order valence-corrected chi connectivity index (χ4v) is 2.77. The average Bonchev–Trinajstić information content (AvgIpc) is 2.67. The van der Waals surface area contributed by atoms with E-state index in [9.17, 15) is 9.18 Å². The fourth-order valence-electron chi connectivity index (χ4n) is 2.77. The Morgan fingerprint density at radius 2 is 1.93 bits per heavy atom. The molecule has 0 fully saturated rings. The van der Waals surface area contributed by atoms with Crippen LogP contribution >= 0.6 is 0 Å². The quantitative estimate of drug-likeness (QED) is 0.753. The van der Waals surface area contributed by atoms with Crippen LogP contribution in [0.1, 0.15) is 30.5 Å². The summed E-state index contributed by atoms with van der Waals surface area (Å²) in [5.41, 5.74) is 2.03. The minimum atomic E-state index is -0.329. The molecule has 0 aliphatic carbocycles. The smallest absolute Gasteiger partial charge is 0.225 e. The molecule has 0 radical (unpaired) electrons. The predicted octanol–water partition coefficient (Wildman–Crippen LogP) is 4.17. The van der Waals surface area contributed by atoms with Crippen molar-refractivity contribution < 1.29 is 18.7 Å². The lowest BCUT2D eigenvalue weighted by atomic mass is 10.1. The van der Waals surface area contributed by atoms with Crippen LogP contribution in [-0.4, -0.2) is 38.6 Å². The maximum atomic E-state index is 13.6. The number of nitrogens with zero attached hydrogens (tertiary/aromatic N) is 1. The second kappa shape index (κ2) is 9.37. The van der Waals surface area contributed by atoms with Gasteiger partial charge in [-0.05, 0) is 44.7 Å². The second-order valence-electron chi connectivity index (χ2n) is 6.53. The molecule has 0 heterocycles. The Labute approximate surface area is 160 Å². The summed E-state index contributed by atoms with van der Waals surface area (Å²) < 4.78 is 24.3. The maximum Gasteiger partial charge on any atom is 0.225 e. The third kappa shape index (κ3) is 5.44. The lowest BCUT2D eigenvalue weighted by molar-refractivity contribution is -0.116. The molecule has 0 spiro atoms. The first-order chi connectivity index (χ1) is 12.8. The van der Waals surface area contributed by atoms with Crippen molar-refractivity contribution in [2.24, 2.45) is 0 Å². The zero-order valence-corrected chi connectivity index (χ0v) is 16.5. The number of rotatable bonds is 8. The Hall–Kier alpha value is -2.60. The number of benzene rings is 2. The van der Waals surface area contributed by atoms with E-state index in [1.807, 2.05) is 25.2 Å². The summed E-state index contributed by atoms with van der Waals surface area (Å²) in [7, 11) is 5.19. The Kier molecular flexibility index (Phi) is 7.19. The largest absolute Gasteiger partial charge is 0.497 e. The summed E-state index contributed by atoms with van der Waals surface area (Å²) in [6.45, 7) is 4.29. The topological polar surface area (TPSA) is 50.8 Å². The molecular weight excluding hydrogens is 347 g/mol. The lowest BCUT2D eigenvalue weighted by Gasteiger charge is -2.26. The van der Waals surface area contributed by atoms with Gasteiger partial charge in [0.2, 0.25) is 5.91 Å². The van der Waals surface area contributed by atoms with Gasteiger partial charge < -0.3 is 14.8 Å². The van der Waals surface area contributed by atoms with Gasteiger partial charge in [0, 0.05) is 36.3 Å². The summed E-state index contributed by atoms with van der Waals surface area (Å²) in [5, 5.41) is 2.73. The second-order valence-corrected chi connectivity index (χ2v) is 6.53. The van der Waals surface area contributed by atoms with Gasteiger partial charge in [-0.1, -0.05) is 12.1 Å². The van der Waals surface area contributed by atoms with Crippen molar-refractivity contribution in [2.45, 2.75) is 26.3 Å². The molecule has 0 saturated heterocycles. The van der Waals surface area contributed by atoms with Gasteiger partial charge >= 0.3 is 0 Å². The number of carbonyl (C=O) groups is 1. The SMILES string of the molecule is COc1ccc([C@H](C)N(C)CCC(=O)Nc2ccc(C)c(F)c2)c(OC)c1. The van der Waals surface area contributed by atoms with Crippen LogP contribution in [0.15, 0.2) is 36.4 Å². The first-order valence-electron chi connectivity index (χ1n) is 8.84. The van der Waals surface area contributed by atoms with Gasteiger partial charge in [-0.15, -0.1) is 0 Å². The average molecular weight is 374 g/mol. The number of amides is 1. The van der Waals surface area contributed by atoms with Crippen molar-refractivity contribution >= 4 is 11.6 Å². The summed E-state index contributed by atoms with van der Waals surface area (Å²) >= 11 is 0. The molecule has 146 valence electrons. The van der Waals surface area contributed by atoms with E-state index in [1.165, 1.54) is 6.07 Å². The van der Waals surface area contributed by atoms with Crippen molar-refractivity contribution in [3.05, 3.63) is 53.3 Å². The van der Waals surface area contributed by atoms with Crippen LogP contribution < -0.4 is 14.8 Å². The van der Waals surface area contributed by atoms with Gasteiger partial charge in [-0.25, -0.2) is 4.39 Å². The molecule has 0 saturated carbocycles. The van der Waals surface area contributed by atoms with E-state index in [2.05, 4.69) is 17.1 Å². The van der Waals surface area contributed by atoms with E-state index in [4.69, 9.17) is 9.47 Å². The van der Waals surface area contributed by atoms with Crippen molar-refractivity contribution in [1.82, 2.24) is 4.90 Å². The highest BCUT2D eigenvalue weighted by Gasteiger charge is 2.17. The number of methoxy groups -OCH3 is 2. The Bertz CT molecular complexity index is 795. The summed E-state index contributed by atoms with van der Waals surface area (Å²) in [6, 6.07) is 10.4. The number of halogens is 1. The third-order valence-electron chi connectivity index (χ3n) is 4.70. The van der Waals surface area contributed by atoms with E-state index < -0.39 is 0 Å². The van der Waals surface area contributed by atoms with Crippen LogP contribution in [-0.2, 0) is 4.79 Å². The molecule has 2 aromatic carbocycles. The van der Waals surface area contributed by atoms with Crippen LogP contribution in [0, 0.1) is 12.7 Å². The van der Waals surface area contributed by atoms with Gasteiger partial charge in [-0.2, -0.15) is 0 Å². The van der Waals surface area contributed by atoms with Gasteiger partial charge in [0.1, 0.15) is 17.3 Å². The molecule has 0 aliphatic heterocycles. The molecule has 0 unspecified atom stereocenters. The molecule has 1 N–H and O–H groups in total. The van der Waals surface area contributed by atoms with Crippen LogP contribution in [0.4, 0.5) is 10.1 Å². The van der Waals surface area contributed by atoms with Crippen molar-refractivity contribution in [1.29, 1.82) is 0 Å². The molecule has 27 heavy (non-hydrogen) atoms. The van der Waals surface area contributed by atoms with Crippen molar-refractivity contribution in [3.63, 3.8) is 0 Å². The highest BCUT2D eigenvalue weighted by atomic mass is 19.1. The minimum absolute atomic E-state index is 0.0514. The normalized spacial score (nSPS) is 12.0. The van der Waals surface area contributed by atoms with E-state index >= 15 is 0 Å². The zero-order valence-electron chi connectivity index (χ0n) is 16.5. The van der Waals surface area contributed by atoms with E-state index in [0.29, 0.717) is 24.2 Å². The zero-order chi connectivity index (χ0) is 20.0. The Morgan fingerprint density at radius 3 is 2.56 bits per heavy atom. The van der Waals surface area contributed by atoms with Gasteiger partial charge in [0.15, 0.2) is 0 Å². The van der Waals surface area contributed by atoms with Crippen LogP contribution in [0.5, 0.6) is 11.5 Å². The highest BCUT2D eigenvalue weighted by Crippen LogP contribution is 2.31. The number of ether oxygens (including phenoxy) is 2.